The molecule has 0 spiro atoms. The minimum absolute atomic E-state index is 0.766. The number of nitrogens with zero attached hydrogens (tertiary/aromatic N) is 2. The lowest BCUT2D eigenvalue weighted by Gasteiger charge is -2.05. The van der Waals surface area contributed by atoms with Crippen LogP contribution in [0.3, 0.4) is 0 Å². The van der Waals surface area contributed by atoms with Crippen LogP contribution in [0.15, 0.2) is 12.3 Å². The summed E-state index contributed by atoms with van der Waals surface area (Å²) in [6.07, 6.45) is 8.49. The molecule has 16 heavy (non-hydrogen) atoms. The van der Waals surface area contributed by atoms with E-state index >= 15 is 0 Å². The van der Waals surface area contributed by atoms with E-state index in [1.165, 1.54) is 18.4 Å². The molecular weight excluding hydrogens is 196 g/mol. The van der Waals surface area contributed by atoms with Crippen LogP contribution in [0.2, 0.25) is 0 Å². The molecule has 0 aliphatic heterocycles. The topological polar surface area (TPSA) is 36.7 Å². The van der Waals surface area contributed by atoms with Gasteiger partial charge in [-0.25, -0.2) is 0 Å². The first-order chi connectivity index (χ1) is 7.81. The van der Waals surface area contributed by atoms with Crippen LogP contribution in [-0.4, -0.2) is 4.98 Å². The van der Waals surface area contributed by atoms with Crippen LogP contribution in [0, 0.1) is 11.3 Å². The molecule has 0 amide bonds. The summed E-state index contributed by atoms with van der Waals surface area (Å²) in [6.45, 7) is 4.33. The van der Waals surface area contributed by atoms with Gasteiger partial charge >= 0.3 is 0 Å². The second-order valence-corrected chi connectivity index (χ2v) is 4.16. The Morgan fingerprint density at radius 3 is 2.50 bits per heavy atom. The Morgan fingerprint density at radius 2 is 1.88 bits per heavy atom. The molecule has 1 aromatic heterocycles. The first-order valence-electron chi connectivity index (χ1n) is 6.19. The van der Waals surface area contributed by atoms with Crippen molar-refractivity contribution >= 4 is 0 Å². The molecule has 0 bridgehead atoms. The van der Waals surface area contributed by atoms with E-state index in [2.05, 4.69) is 24.9 Å². The van der Waals surface area contributed by atoms with Gasteiger partial charge in [0.15, 0.2) is 0 Å². The Bertz CT molecular complexity index is 363. The van der Waals surface area contributed by atoms with Gasteiger partial charge in [-0.1, -0.05) is 26.7 Å². The molecule has 1 heterocycles. The van der Waals surface area contributed by atoms with Crippen molar-refractivity contribution in [1.82, 2.24) is 4.98 Å². The van der Waals surface area contributed by atoms with Crippen LogP contribution < -0.4 is 0 Å². The molecule has 2 nitrogen and oxygen atoms in total. The second kappa shape index (κ2) is 7.00. The number of aryl methyl sites for hydroxylation is 2. The van der Waals surface area contributed by atoms with Gasteiger partial charge < -0.3 is 0 Å². The third kappa shape index (κ3) is 3.66. The van der Waals surface area contributed by atoms with Crippen molar-refractivity contribution in [2.24, 2.45) is 0 Å². The largest absolute Gasteiger partial charge is 0.260 e. The highest BCUT2D eigenvalue weighted by molar-refractivity contribution is 5.36. The minimum Gasteiger partial charge on any atom is -0.260 e. The Kier molecular flexibility index (Phi) is 5.56. The summed E-state index contributed by atoms with van der Waals surface area (Å²) < 4.78 is 0. The molecule has 0 fully saturated rings. The number of nitriles is 1. The van der Waals surface area contributed by atoms with Gasteiger partial charge in [0.25, 0.3) is 0 Å². The van der Waals surface area contributed by atoms with E-state index in [0.29, 0.717) is 0 Å². The van der Waals surface area contributed by atoms with Crippen molar-refractivity contribution in [3.8, 4) is 6.07 Å². The molecule has 0 radical (unpaired) electrons. The van der Waals surface area contributed by atoms with Crippen molar-refractivity contribution in [2.75, 3.05) is 0 Å². The zero-order valence-corrected chi connectivity index (χ0v) is 10.3. The summed E-state index contributed by atoms with van der Waals surface area (Å²) in [6, 6.07) is 4.27. The predicted octanol–water partition coefficient (Wildman–Crippen LogP) is 3.64. The predicted molar refractivity (Wildman–Crippen MR) is 66.2 cm³/mol. The average molecular weight is 216 g/mol. The molecule has 0 aromatic carbocycles. The van der Waals surface area contributed by atoms with Crippen molar-refractivity contribution in [2.45, 2.75) is 52.4 Å². The van der Waals surface area contributed by atoms with Crippen molar-refractivity contribution < 1.29 is 0 Å². The van der Waals surface area contributed by atoms with E-state index in [4.69, 9.17) is 5.26 Å². The lowest BCUT2D eigenvalue weighted by atomic mass is 10.0. The van der Waals surface area contributed by atoms with Crippen LogP contribution in [0.25, 0.3) is 0 Å². The second-order valence-electron chi connectivity index (χ2n) is 4.16. The maximum atomic E-state index is 9.08. The van der Waals surface area contributed by atoms with Crippen LogP contribution in [-0.2, 0) is 12.8 Å². The van der Waals surface area contributed by atoms with E-state index < -0.39 is 0 Å². The number of aromatic nitrogens is 1. The molecule has 0 unspecified atom stereocenters. The van der Waals surface area contributed by atoms with Gasteiger partial charge in [0.2, 0.25) is 0 Å². The highest BCUT2D eigenvalue weighted by Gasteiger charge is 2.04. The van der Waals surface area contributed by atoms with Gasteiger partial charge in [0, 0.05) is 6.20 Å². The Labute approximate surface area is 98.3 Å². The highest BCUT2D eigenvalue weighted by Crippen LogP contribution is 2.12. The molecule has 2 heteroatoms. The van der Waals surface area contributed by atoms with E-state index in [0.717, 1.165) is 36.9 Å². The van der Waals surface area contributed by atoms with E-state index in [1.54, 1.807) is 0 Å². The molecular formula is C14H20N2. The standard InChI is InChI=1S/C14H20N2/c1-3-5-7-12-9-13(10-15)14(16-11-12)8-6-4-2/h9,11H,3-8H2,1-2H3. The Hall–Kier alpha value is -1.36. The summed E-state index contributed by atoms with van der Waals surface area (Å²) in [5.74, 6) is 0. The molecule has 1 aromatic rings. The van der Waals surface area contributed by atoms with Crippen molar-refractivity contribution in [3.05, 3.63) is 29.1 Å². The summed E-state index contributed by atoms with van der Waals surface area (Å²) in [4.78, 5) is 4.42. The first-order valence-corrected chi connectivity index (χ1v) is 6.19. The van der Waals surface area contributed by atoms with Crippen molar-refractivity contribution in [1.29, 1.82) is 5.26 Å². The van der Waals surface area contributed by atoms with Gasteiger partial charge in [-0.2, -0.15) is 5.26 Å². The zero-order valence-electron chi connectivity index (χ0n) is 10.3. The molecule has 0 saturated heterocycles. The van der Waals surface area contributed by atoms with Crippen LogP contribution >= 0.6 is 0 Å². The maximum absolute atomic E-state index is 9.08. The fourth-order valence-corrected chi connectivity index (χ4v) is 1.69. The van der Waals surface area contributed by atoms with Gasteiger partial charge in [0.05, 0.1) is 11.3 Å². The quantitative estimate of drug-likeness (QED) is 0.728. The van der Waals surface area contributed by atoms with Crippen LogP contribution in [0.4, 0.5) is 0 Å². The normalized spacial score (nSPS) is 10.1. The lowest BCUT2D eigenvalue weighted by molar-refractivity contribution is 0.764. The first kappa shape index (κ1) is 12.7. The third-order valence-electron chi connectivity index (χ3n) is 2.73. The average Bonchev–Trinajstić information content (AvgIpc) is 2.34. The van der Waals surface area contributed by atoms with E-state index in [9.17, 15) is 0 Å². The molecule has 0 atom stereocenters. The van der Waals surface area contributed by atoms with Gasteiger partial charge in [-0.05, 0) is 37.3 Å². The molecule has 0 aliphatic carbocycles. The zero-order chi connectivity index (χ0) is 11.8. The van der Waals surface area contributed by atoms with E-state index in [1.807, 2.05) is 12.3 Å². The minimum atomic E-state index is 0.766. The summed E-state index contributed by atoms with van der Waals surface area (Å²) in [7, 11) is 0. The molecule has 0 aliphatic rings. The number of hydrogen-bond acceptors (Lipinski definition) is 2. The number of hydrogen-bond donors (Lipinski definition) is 0. The molecule has 1 rings (SSSR count). The molecule has 86 valence electrons. The summed E-state index contributed by atoms with van der Waals surface area (Å²) in [5.41, 5.74) is 2.92. The van der Waals surface area contributed by atoms with Gasteiger partial charge in [-0.3, -0.25) is 4.98 Å². The number of pyridine rings is 1. The van der Waals surface area contributed by atoms with E-state index in [-0.39, 0.29) is 0 Å². The maximum Gasteiger partial charge on any atom is 0.101 e. The van der Waals surface area contributed by atoms with Crippen molar-refractivity contribution in [3.63, 3.8) is 0 Å². The van der Waals surface area contributed by atoms with Gasteiger partial charge in [0.1, 0.15) is 6.07 Å². The lowest BCUT2D eigenvalue weighted by Crippen LogP contribution is -1.97. The number of rotatable bonds is 6. The third-order valence-corrected chi connectivity index (χ3v) is 2.73. The monoisotopic (exact) mass is 216 g/mol. The fraction of sp³-hybridized carbons (Fsp3) is 0.571. The summed E-state index contributed by atoms with van der Waals surface area (Å²) >= 11 is 0. The van der Waals surface area contributed by atoms with Crippen LogP contribution in [0.1, 0.15) is 56.4 Å². The highest BCUT2D eigenvalue weighted by atomic mass is 14.7. The Morgan fingerprint density at radius 1 is 1.19 bits per heavy atom. The number of unbranched alkanes of at least 4 members (excludes halogenated alkanes) is 2. The van der Waals surface area contributed by atoms with Gasteiger partial charge in [-0.15, -0.1) is 0 Å². The molecule has 0 N–H and O–H groups in total. The SMILES string of the molecule is CCCCc1cnc(CCCC)c(C#N)c1. The van der Waals surface area contributed by atoms with Crippen LogP contribution in [0.5, 0.6) is 0 Å². The Balaban J connectivity index is 2.77. The fourth-order valence-electron chi connectivity index (χ4n) is 1.69. The smallest absolute Gasteiger partial charge is 0.101 e. The molecule has 0 saturated carbocycles. The summed E-state index contributed by atoms with van der Waals surface area (Å²) in [5, 5.41) is 9.08.